The molecule has 0 bridgehead atoms. The zero-order chi connectivity index (χ0) is 24.1. The van der Waals surface area contributed by atoms with Crippen molar-refractivity contribution in [3.63, 3.8) is 0 Å². The molecular weight excluding hydrogens is 448 g/mol. The number of nitrogens with one attached hydrogen (secondary N) is 2. The van der Waals surface area contributed by atoms with E-state index >= 15 is 0 Å². The van der Waals surface area contributed by atoms with Gasteiger partial charge in [0.15, 0.2) is 0 Å². The fourth-order valence-electron chi connectivity index (χ4n) is 4.97. The van der Waals surface area contributed by atoms with Gasteiger partial charge in [-0.1, -0.05) is 44.4 Å². The average Bonchev–Trinajstić information content (AvgIpc) is 3.30. The lowest BCUT2D eigenvalue weighted by Gasteiger charge is -2.36. The van der Waals surface area contributed by atoms with Crippen molar-refractivity contribution in [2.45, 2.75) is 45.6 Å². The Morgan fingerprint density at radius 2 is 1.68 bits per heavy atom. The molecule has 0 spiro atoms. The smallest absolute Gasteiger partial charge is 0.232 e. The van der Waals surface area contributed by atoms with Gasteiger partial charge < -0.3 is 25.3 Å². The van der Waals surface area contributed by atoms with Crippen molar-refractivity contribution in [3.8, 4) is 0 Å². The van der Waals surface area contributed by atoms with Gasteiger partial charge >= 0.3 is 0 Å². The Balaban J connectivity index is 1.47. The number of hydrogen-bond donors (Lipinski definition) is 2. The number of piperazine rings is 1. The maximum atomic E-state index is 6.20. The summed E-state index contributed by atoms with van der Waals surface area (Å²) in [6, 6.07) is 8.52. The van der Waals surface area contributed by atoms with E-state index in [2.05, 4.69) is 59.3 Å². The number of hydrogen-bond acceptors (Lipinski definition) is 8. The summed E-state index contributed by atoms with van der Waals surface area (Å²) in [4.78, 5) is 21.2. The van der Waals surface area contributed by atoms with Gasteiger partial charge in [0.25, 0.3) is 0 Å². The van der Waals surface area contributed by atoms with Gasteiger partial charge in [-0.3, -0.25) is 0 Å². The molecule has 8 nitrogen and oxygen atoms in total. The lowest BCUT2D eigenvalue weighted by molar-refractivity contribution is 0.254. The van der Waals surface area contributed by atoms with Crippen LogP contribution >= 0.6 is 11.6 Å². The molecule has 2 aromatic rings. The largest absolute Gasteiger partial charge is 0.368 e. The van der Waals surface area contributed by atoms with Crippen LogP contribution in [-0.4, -0.2) is 79.3 Å². The summed E-state index contributed by atoms with van der Waals surface area (Å²) in [5, 5.41) is 7.84. The summed E-state index contributed by atoms with van der Waals surface area (Å²) in [5.41, 5.74) is 1.26. The van der Waals surface area contributed by atoms with Crippen LogP contribution in [0.1, 0.15) is 39.5 Å². The van der Waals surface area contributed by atoms with Crippen LogP contribution in [-0.2, 0) is 0 Å². The van der Waals surface area contributed by atoms with Gasteiger partial charge in [-0.15, -0.1) is 0 Å². The van der Waals surface area contributed by atoms with Crippen LogP contribution in [0.5, 0.6) is 0 Å². The van der Waals surface area contributed by atoms with Crippen LogP contribution in [0.2, 0.25) is 5.02 Å². The van der Waals surface area contributed by atoms with Crippen LogP contribution in [0, 0.1) is 5.41 Å². The normalized spacial score (nSPS) is 17.5. The Labute approximate surface area is 209 Å². The lowest BCUT2D eigenvalue weighted by Crippen LogP contribution is -2.47. The van der Waals surface area contributed by atoms with E-state index in [1.54, 1.807) is 0 Å². The molecule has 1 saturated carbocycles. The molecular formula is C25H39ClN8. The molecule has 1 aromatic heterocycles. The van der Waals surface area contributed by atoms with Gasteiger partial charge in [0, 0.05) is 56.0 Å². The van der Waals surface area contributed by atoms with Crippen LogP contribution < -0.4 is 20.4 Å². The molecule has 186 valence electrons. The summed E-state index contributed by atoms with van der Waals surface area (Å²) < 4.78 is 0. The Morgan fingerprint density at radius 3 is 2.35 bits per heavy atom. The minimum Gasteiger partial charge on any atom is -0.368 e. The predicted octanol–water partition coefficient (Wildman–Crippen LogP) is 4.21. The Morgan fingerprint density at radius 1 is 1.00 bits per heavy atom. The second kappa shape index (κ2) is 11.0. The highest BCUT2D eigenvalue weighted by Gasteiger charge is 2.24. The number of anilines is 4. The number of nitrogens with zero attached hydrogens (tertiary/aromatic N) is 6. The minimum absolute atomic E-state index is 0.0952. The third-order valence-corrected chi connectivity index (χ3v) is 6.75. The summed E-state index contributed by atoms with van der Waals surface area (Å²) in [5.74, 6) is 2.07. The van der Waals surface area contributed by atoms with Crippen molar-refractivity contribution in [1.29, 1.82) is 0 Å². The third kappa shape index (κ3) is 6.85. The van der Waals surface area contributed by atoms with Gasteiger partial charge in [-0.2, -0.15) is 15.0 Å². The maximum Gasteiger partial charge on any atom is 0.232 e. The topological polar surface area (TPSA) is 72.5 Å². The summed E-state index contributed by atoms with van der Waals surface area (Å²) in [6.45, 7) is 9.79. The first-order valence-corrected chi connectivity index (χ1v) is 12.8. The molecule has 1 aromatic carbocycles. The summed E-state index contributed by atoms with van der Waals surface area (Å²) in [6.07, 6.45) is 4.89. The van der Waals surface area contributed by atoms with Gasteiger partial charge in [0.2, 0.25) is 17.8 Å². The van der Waals surface area contributed by atoms with Gasteiger partial charge in [0.05, 0.1) is 0 Å². The van der Waals surface area contributed by atoms with E-state index in [1.165, 1.54) is 25.7 Å². The van der Waals surface area contributed by atoms with Crippen molar-refractivity contribution >= 4 is 35.1 Å². The molecule has 1 saturated heterocycles. The number of halogens is 1. The second-order valence-electron chi connectivity index (χ2n) is 10.6. The van der Waals surface area contributed by atoms with Crippen LogP contribution in [0.25, 0.3) is 0 Å². The zero-order valence-electron chi connectivity index (χ0n) is 21.0. The monoisotopic (exact) mass is 486 g/mol. The van der Waals surface area contributed by atoms with E-state index in [1.807, 2.05) is 18.2 Å². The molecule has 0 atom stereocenters. The molecule has 1 aliphatic carbocycles. The molecule has 9 heteroatoms. The molecule has 2 N–H and O–H groups in total. The molecule has 2 heterocycles. The van der Waals surface area contributed by atoms with Gasteiger partial charge in [-0.25, -0.2) is 0 Å². The van der Waals surface area contributed by atoms with E-state index in [9.17, 15) is 0 Å². The number of aromatic nitrogens is 3. The van der Waals surface area contributed by atoms with Crippen molar-refractivity contribution in [2.75, 3.05) is 73.8 Å². The van der Waals surface area contributed by atoms with Crippen LogP contribution in [0.4, 0.5) is 23.5 Å². The second-order valence-corrected chi connectivity index (χ2v) is 11.1. The van der Waals surface area contributed by atoms with E-state index in [0.717, 1.165) is 55.9 Å². The Kier molecular flexibility index (Phi) is 7.99. The SMILES string of the molecule is CN(C)CC(C)(C)CNc1nc(NC2CCCC2)nc(N2CCN(c3cccc(Cl)c3)CC2)n1. The van der Waals surface area contributed by atoms with Gasteiger partial charge in [-0.05, 0) is 50.6 Å². The zero-order valence-corrected chi connectivity index (χ0v) is 21.8. The van der Waals surface area contributed by atoms with Crippen molar-refractivity contribution in [3.05, 3.63) is 29.3 Å². The van der Waals surface area contributed by atoms with E-state index < -0.39 is 0 Å². The molecule has 1 aliphatic heterocycles. The van der Waals surface area contributed by atoms with Gasteiger partial charge in [0.1, 0.15) is 0 Å². The molecule has 0 amide bonds. The predicted molar refractivity (Wildman–Crippen MR) is 142 cm³/mol. The fraction of sp³-hybridized carbons (Fsp3) is 0.640. The van der Waals surface area contributed by atoms with Crippen LogP contribution in [0.15, 0.2) is 24.3 Å². The standard InChI is InChI=1S/C25H39ClN8/c1-25(2,18-32(3)4)17-27-22-29-23(28-20-9-5-6-10-20)31-24(30-22)34-14-12-33(13-15-34)21-11-7-8-19(26)16-21/h7-8,11,16,20H,5-6,9-10,12-15,17-18H2,1-4H3,(H2,27,28,29,30,31). The van der Waals surface area contributed by atoms with E-state index in [0.29, 0.717) is 17.9 Å². The first kappa shape index (κ1) is 24.8. The molecule has 2 fully saturated rings. The van der Waals surface area contributed by atoms with E-state index in [4.69, 9.17) is 26.6 Å². The van der Waals surface area contributed by atoms with Crippen molar-refractivity contribution in [1.82, 2.24) is 19.9 Å². The molecule has 2 aliphatic rings. The Bertz CT molecular complexity index is 936. The fourth-order valence-corrected chi connectivity index (χ4v) is 5.15. The van der Waals surface area contributed by atoms with Crippen LogP contribution in [0.3, 0.4) is 0 Å². The maximum absolute atomic E-state index is 6.20. The number of rotatable bonds is 9. The third-order valence-electron chi connectivity index (χ3n) is 6.52. The quantitative estimate of drug-likeness (QED) is 0.546. The molecule has 0 radical (unpaired) electrons. The molecule has 0 unspecified atom stereocenters. The highest BCUT2D eigenvalue weighted by atomic mass is 35.5. The average molecular weight is 487 g/mol. The highest BCUT2D eigenvalue weighted by Crippen LogP contribution is 2.25. The first-order valence-electron chi connectivity index (χ1n) is 12.4. The van der Waals surface area contributed by atoms with Crippen molar-refractivity contribution in [2.24, 2.45) is 5.41 Å². The summed E-state index contributed by atoms with van der Waals surface area (Å²) in [7, 11) is 4.21. The van der Waals surface area contributed by atoms with Crippen molar-refractivity contribution < 1.29 is 0 Å². The first-order chi connectivity index (χ1) is 16.3. The Hall–Kier alpha value is -2.32. The molecule has 34 heavy (non-hydrogen) atoms. The van der Waals surface area contributed by atoms with E-state index in [-0.39, 0.29) is 5.41 Å². The molecule has 4 rings (SSSR count). The lowest BCUT2D eigenvalue weighted by atomic mass is 9.93. The highest BCUT2D eigenvalue weighted by molar-refractivity contribution is 6.30. The summed E-state index contributed by atoms with van der Waals surface area (Å²) >= 11 is 6.20. The number of benzene rings is 1. The minimum atomic E-state index is 0.0952.